The van der Waals surface area contributed by atoms with Crippen molar-refractivity contribution in [3.63, 3.8) is 0 Å². The Bertz CT molecular complexity index is 903. The Morgan fingerprint density at radius 2 is 2.00 bits per heavy atom. The molecule has 1 aliphatic heterocycles. The predicted octanol–water partition coefficient (Wildman–Crippen LogP) is 5.81. The minimum absolute atomic E-state index is 0.0161. The number of hydrogen-bond donors (Lipinski definition) is 1. The summed E-state index contributed by atoms with van der Waals surface area (Å²) in [5.74, 6) is 1.97. The molecule has 4 rings (SSSR count). The average Bonchev–Trinajstić information content (AvgIpc) is 2.67. The summed E-state index contributed by atoms with van der Waals surface area (Å²) in [5, 5.41) is 10.8. The molecule has 2 aliphatic rings. The van der Waals surface area contributed by atoms with E-state index in [4.69, 9.17) is 9.47 Å². The number of hydrogen-bond acceptors (Lipinski definition) is 4. The van der Waals surface area contributed by atoms with E-state index in [0.29, 0.717) is 24.3 Å². The topological polar surface area (TPSA) is 55.8 Å². The Balaban J connectivity index is 1.46. The maximum Gasteiger partial charge on any atom is 0.133 e. The fraction of sp³-hybridized carbons (Fsp3) is 0.500. The van der Waals surface area contributed by atoms with Crippen LogP contribution in [0.3, 0.4) is 0 Å². The van der Waals surface area contributed by atoms with Crippen molar-refractivity contribution in [3.8, 4) is 17.2 Å². The van der Waals surface area contributed by atoms with E-state index in [1.54, 1.807) is 6.07 Å². The van der Waals surface area contributed by atoms with Crippen LogP contribution in [0.1, 0.15) is 69.9 Å². The van der Waals surface area contributed by atoms with Gasteiger partial charge in [0.2, 0.25) is 0 Å². The summed E-state index contributed by atoms with van der Waals surface area (Å²) < 4.78 is 12.4. The number of ether oxygens (including phenoxy) is 2. The quantitative estimate of drug-likeness (QED) is 0.656. The monoisotopic (exact) mass is 408 g/mol. The molecule has 0 spiro atoms. The van der Waals surface area contributed by atoms with Crippen LogP contribution < -0.4 is 9.47 Å². The van der Waals surface area contributed by atoms with Gasteiger partial charge in [-0.25, -0.2) is 0 Å². The first-order valence-corrected chi connectivity index (χ1v) is 11.1. The molecule has 0 aromatic heterocycles. The van der Waals surface area contributed by atoms with E-state index in [9.17, 15) is 9.90 Å². The van der Waals surface area contributed by atoms with Crippen LogP contribution >= 0.6 is 0 Å². The van der Waals surface area contributed by atoms with Crippen molar-refractivity contribution in [1.29, 1.82) is 0 Å². The van der Waals surface area contributed by atoms with Crippen molar-refractivity contribution in [2.45, 2.75) is 76.9 Å². The van der Waals surface area contributed by atoms with Crippen LogP contribution in [0.25, 0.3) is 0 Å². The fourth-order valence-electron chi connectivity index (χ4n) is 5.14. The largest absolute Gasteiger partial charge is 0.507 e. The summed E-state index contributed by atoms with van der Waals surface area (Å²) in [6.07, 6.45) is 4.92. The van der Waals surface area contributed by atoms with Crippen molar-refractivity contribution >= 4 is 5.78 Å². The van der Waals surface area contributed by atoms with Gasteiger partial charge >= 0.3 is 0 Å². The summed E-state index contributed by atoms with van der Waals surface area (Å²) >= 11 is 0. The molecule has 4 nitrogen and oxygen atoms in total. The molecule has 1 N–H and O–H groups in total. The molecule has 0 amide bonds. The lowest BCUT2D eigenvalue weighted by Gasteiger charge is -2.47. The third-order valence-corrected chi connectivity index (χ3v) is 6.65. The van der Waals surface area contributed by atoms with Crippen LogP contribution in [0.15, 0.2) is 42.5 Å². The Morgan fingerprint density at radius 1 is 1.23 bits per heavy atom. The van der Waals surface area contributed by atoms with E-state index in [2.05, 4.69) is 45.0 Å². The van der Waals surface area contributed by atoms with Gasteiger partial charge in [0, 0.05) is 42.4 Å². The molecule has 160 valence electrons. The van der Waals surface area contributed by atoms with Crippen molar-refractivity contribution in [3.05, 3.63) is 53.6 Å². The maximum absolute atomic E-state index is 12.1. The SMILES string of the molecule is CC(CCCc1ccccc1)Oc1cc(O)c2c(c1)OC(C)(C)[C@@H]1CCC(=O)C[C@@H]21. The fourth-order valence-corrected chi connectivity index (χ4v) is 5.14. The van der Waals surface area contributed by atoms with E-state index in [-0.39, 0.29) is 35.1 Å². The molecule has 1 unspecified atom stereocenters. The molecule has 1 saturated carbocycles. The lowest BCUT2D eigenvalue weighted by atomic mass is 9.66. The number of carbonyl (C=O) groups is 1. The Labute approximate surface area is 179 Å². The minimum Gasteiger partial charge on any atom is -0.507 e. The lowest BCUT2D eigenvalue weighted by Crippen LogP contribution is -2.47. The molecule has 4 heteroatoms. The van der Waals surface area contributed by atoms with Crippen LogP contribution in [0.5, 0.6) is 17.2 Å². The van der Waals surface area contributed by atoms with Gasteiger partial charge in [-0.15, -0.1) is 0 Å². The first-order valence-electron chi connectivity index (χ1n) is 11.1. The van der Waals surface area contributed by atoms with Crippen LogP contribution in [-0.4, -0.2) is 22.6 Å². The normalized spacial score (nSPS) is 23.1. The molecule has 0 saturated heterocycles. The van der Waals surface area contributed by atoms with E-state index < -0.39 is 0 Å². The van der Waals surface area contributed by atoms with Gasteiger partial charge in [-0.05, 0) is 52.0 Å². The predicted molar refractivity (Wildman–Crippen MR) is 117 cm³/mol. The number of fused-ring (bicyclic) bond motifs is 3. The second-order valence-corrected chi connectivity index (χ2v) is 9.36. The molecule has 2 aromatic carbocycles. The Kier molecular flexibility index (Phi) is 5.77. The molecule has 30 heavy (non-hydrogen) atoms. The number of aromatic hydroxyl groups is 1. The zero-order chi connectivity index (χ0) is 21.3. The zero-order valence-corrected chi connectivity index (χ0v) is 18.2. The zero-order valence-electron chi connectivity index (χ0n) is 18.2. The average molecular weight is 409 g/mol. The molecular weight excluding hydrogens is 376 g/mol. The number of rotatable bonds is 6. The summed E-state index contributed by atoms with van der Waals surface area (Å²) in [7, 11) is 0. The van der Waals surface area contributed by atoms with Gasteiger partial charge in [0.25, 0.3) is 0 Å². The number of phenolic OH excluding ortho intramolecular Hbond substituents is 1. The Morgan fingerprint density at radius 3 is 2.77 bits per heavy atom. The highest BCUT2D eigenvalue weighted by Gasteiger charge is 2.47. The standard InChI is InChI=1S/C26H32O4/c1-17(8-7-11-18-9-5-4-6-10-18)29-20-15-23(28)25-21-14-19(27)12-13-22(21)26(2,3)30-24(25)16-20/h4-6,9-10,15-17,21-22,28H,7-8,11-14H2,1-3H3/t17?,21-,22-/m1/s1. The third kappa shape index (κ3) is 4.33. The van der Waals surface area contributed by atoms with E-state index in [0.717, 1.165) is 31.2 Å². The van der Waals surface area contributed by atoms with Crippen molar-refractivity contribution < 1.29 is 19.4 Å². The van der Waals surface area contributed by atoms with Gasteiger partial charge in [-0.3, -0.25) is 4.79 Å². The van der Waals surface area contributed by atoms with Gasteiger partial charge in [0.05, 0.1) is 6.10 Å². The summed E-state index contributed by atoms with van der Waals surface area (Å²) in [4.78, 5) is 12.1. The van der Waals surface area contributed by atoms with Crippen molar-refractivity contribution in [2.24, 2.45) is 5.92 Å². The number of benzene rings is 2. The van der Waals surface area contributed by atoms with Gasteiger partial charge in [0.15, 0.2) is 0 Å². The molecule has 1 heterocycles. The molecule has 0 bridgehead atoms. The highest BCUT2D eigenvalue weighted by atomic mass is 16.5. The summed E-state index contributed by atoms with van der Waals surface area (Å²) in [6.45, 7) is 6.22. The van der Waals surface area contributed by atoms with E-state index >= 15 is 0 Å². The van der Waals surface area contributed by atoms with Crippen molar-refractivity contribution in [1.82, 2.24) is 0 Å². The number of carbonyl (C=O) groups excluding carboxylic acids is 1. The highest BCUT2D eigenvalue weighted by molar-refractivity contribution is 5.81. The van der Waals surface area contributed by atoms with Crippen LogP contribution in [0, 0.1) is 5.92 Å². The second-order valence-electron chi connectivity index (χ2n) is 9.36. The van der Waals surface area contributed by atoms with Crippen LogP contribution in [-0.2, 0) is 11.2 Å². The van der Waals surface area contributed by atoms with Gasteiger partial charge < -0.3 is 14.6 Å². The van der Waals surface area contributed by atoms with E-state index in [1.807, 2.05) is 12.1 Å². The van der Waals surface area contributed by atoms with Crippen LogP contribution in [0.2, 0.25) is 0 Å². The third-order valence-electron chi connectivity index (χ3n) is 6.65. The van der Waals surface area contributed by atoms with Gasteiger partial charge in [0.1, 0.15) is 28.6 Å². The minimum atomic E-state index is -0.370. The highest BCUT2D eigenvalue weighted by Crippen LogP contribution is 2.54. The number of phenols is 1. The smallest absolute Gasteiger partial charge is 0.133 e. The number of Topliss-reactive ketones (excluding diaryl/α,β-unsaturated/α-hetero) is 1. The number of aryl methyl sites for hydroxylation is 1. The molecule has 2 aromatic rings. The molecule has 0 radical (unpaired) electrons. The van der Waals surface area contributed by atoms with Gasteiger partial charge in [-0.2, -0.15) is 0 Å². The number of ketones is 1. The van der Waals surface area contributed by atoms with Crippen LogP contribution in [0.4, 0.5) is 0 Å². The first kappa shape index (κ1) is 20.8. The second kappa shape index (κ2) is 8.33. The van der Waals surface area contributed by atoms with Crippen molar-refractivity contribution in [2.75, 3.05) is 0 Å². The summed E-state index contributed by atoms with van der Waals surface area (Å²) in [5.41, 5.74) is 1.74. The molecule has 1 fully saturated rings. The first-order chi connectivity index (χ1) is 14.3. The summed E-state index contributed by atoms with van der Waals surface area (Å²) in [6, 6.07) is 14.0. The lowest BCUT2D eigenvalue weighted by molar-refractivity contribution is -0.124. The molecule has 1 aliphatic carbocycles. The Hall–Kier alpha value is -2.49. The maximum atomic E-state index is 12.1. The van der Waals surface area contributed by atoms with E-state index in [1.165, 1.54) is 5.56 Å². The molecule has 3 atom stereocenters. The molecular formula is C26H32O4. The van der Waals surface area contributed by atoms with Gasteiger partial charge in [-0.1, -0.05) is 30.3 Å².